The fraction of sp³-hybridized carbons (Fsp3) is 0.959. The zero-order valence-electron chi connectivity index (χ0n) is 38.7. The molecule has 2 unspecified atom stereocenters. The highest BCUT2D eigenvalue weighted by molar-refractivity contribution is 5.70. The first kappa shape index (κ1) is 54.8. The number of hydrogen-bond donors (Lipinski definition) is 0. The van der Waals surface area contributed by atoms with Crippen molar-refractivity contribution in [2.24, 2.45) is 0 Å². The zero-order chi connectivity index (χ0) is 42.2. The standard InChI is InChI=1S/C49H94O9/c1-6-11-16-20-24-28-37-53-48(54-38-29-25-21-17-12-7-2)34-32-46(50)57-44-41-43(52-36-15-10-5)42-45(44)58-47(51)33-35-49(55-39-30-26-22-18-13-8-3)56-40-31-27-23-19-14-9-4/h43-45,48-49H,6-42H2,1-5H3. The van der Waals surface area contributed by atoms with Crippen LogP contribution < -0.4 is 0 Å². The fourth-order valence-corrected chi connectivity index (χ4v) is 7.44. The maximum atomic E-state index is 13.3. The Balaban J connectivity index is 2.73. The molecule has 1 saturated carbocycles. The summed E-state index contributed by atoms with van der Waals surface area (Å²) in [4.78, 5) is 26.6. The summed E-state index contributed by atoms with van der Waals surface area (Å²) in [5.74, 6) is -0.634. The Kier molecular flexibility index (Phi) is 38.8. The molecule has 9 nitrogen and oxygen atoms in total. The van der Waals surface area contributed by atoms with Crippen molar-refractivity contribution in [3.05, 3.63) is 0 Å². The van der Waals surface area contributed by atoms with Gasteiger partial charge in [0.25, 0.3) is 0 Å². The van der Waals surface area contributed by atoms with Crippen LogP contribution in [0.2, 0.25) is 0 Å². The van der Waals surface area contributed by atoms with Gasteiger partial charge in [-0.25, -0.2) is 0 Å². The van der Waals surface area contributed by atoms with E-state index in [0.29, 0.717) is 58.7 Å². The second-order valence-electron chi connectivity index (χ2n) is 16.9. The number of carbonyl (C=O) groups is 2. The van der Waals surface area contributed by atoms with Gasteiger partial charge in [0, 0.05) is 58.7 Å². The van der Waals surface area contributed by atoms with Gasteiger partial charge in [0.05, 0.1) is 18.9 Å². The number of unbranched alkanes of at least 4 members (excludes halogenated alkanes) is 21. The SMILES string of the molecule is CCCCCCCCOC(CCC(=O)OC1CC(OCCCC)CC1OC(=O)CCC(OCCCCCCCC)OCCCCCCCC)OCCCCCCCC. The van der Waals surface area contributed by atoms with Crippen LogP contribution >= 0.6 is 0 Å². The van der Waals surface area contributed by atoms with E-state index in [-0.39, 0.29) is 30.9 Å². The Morgan fingerprint density at radius 2 is 0.690 bits per heavy atom. The van der Waals surface area contributed by atoms with Gasteiger partial charge in [-0.15, -0.1) is 0 Å². The average molecular weight is 827 g/mol. The molecule has 0 aromatic carbocycles. The minimum absolute atomic E-state index is 0.120. The molecule has 0 radical (unpaired) electrons. The lowest BCUT2D eigenvalue weighted by Crippen LogP contribution is -2.31. The third kappa shape index (κ3) is 32.5. The Morgan fingerprint density at radius 3 is 1.00 bits per heavy atom. The van der Waals surface area contributed by atoms with Crippen LogP contribution in [0.4, 0.5) is 0 Å². The Hall–Kier alpha value is -1.26. The van der Waals surface area contributed by atoms with Crippen LogP contribution in [-0.4, -0.2) is 75.9 Å². The van der Waals surface area contributed by atoms with E-state index in [1.54, 1.807) is 0 Å². The highest BCUT2D eigenvalue weighted by atomic mass is 16.7. The third-order valence-electron chi connectivity index (χ3n) is 11.2. The lowest BCUT2D eigenvalue weighted by Gasteiger charge is -2.22. The molecule has 0 saturated heterocycles. The monoisotopic (exact) mass is 827 g/mol. The predicted octanol–water partition coefficient (Wildman–Crippen LogP) is 13.5. The minimum atomic E-state index is -0.543. The second kappa shape index (κ2) is 41.1. The summed E-state index contributed by atoms with van der Waals surface area (Å²) in [7, 11) is 0. The maximum absolute atomic E-state index is 13.3. The molecule has 0 aliphatic heterocycles. The highest BCUT2D eigenvalue weighted by Crippen LogP contribution is 2.29. The molecule has 0 heterocycles. The van der Waals surface area contributed by atoms with Crippen LogP contribution in [0.1, 0.15) is 240 Å². The van der Waals surface area contributed by atoms with Crippen molar-refractivity contribution < 1.29 is 42.7 Å². The van der Waals surface area contributed by atoms with Crippen LogP contribution in [-0.2, 0) is 42.7 Å². The average Bonchev–Trinajstić information content (AvgIpc) is 3.59. The summed E-state index contributed by atoms with van der Waals surface area (Å²) >= 11 is 0. The number of hydrogen-bond acceptors (Lipinski definition) is 9. The molecule has 0 bridgehead atoms. The molecule has 9 heteroatoms. The summed E-state index contributed by atoms with van der Waals surface area (Å²) < 4.78 is 42.9. The first-order chi connectivity index (χ1) is 28.5. The van der Waals surface area contributed by atoms with E-state index < -0.39 is 24.8 Å². The molecular formula is C49H94O9. The summed E-state index contributed by atoms with van der Waals surface area (Å²) in [6.07, 6.45) is 30.8. The molecule has 2 atom stereocenters. The third-order valence-corrected chi connectivity index (χ3v) is 11.2. The van der Waals surface area contributed by atoms with Crippen LogP contribution in [0.3, 0.4) is 0 Å². The van der Waals surface area contributed by atoms with Crippen molar-refractivity contribution in [1.82, 2.24) is 0 Å². The van der Waals surface area contributed by atoms with E-state index in [1.807, 2.05) is 0 Å². The van der Waals surface area contributed by atoms with Crippen LogP contribution in [0.15, 0.2) is 0 Å². The maximum Gasteiger partial charge on any atom is 0.306 e. The molecule has 0 N–H and O–H groups in total. The first-order valence-corrected chi connectivity index (χ1v) is 24.9. The van der Waals surface area contributed by atoms with Crippen LogP contribution in [0.25, 0.3) is 0 Å². The van der Waals surface area contributed by atoms with Crippen LogP contribution in [0.5, 0.6) is 0 Å². The summed E-state index contributed by atoms with van der Waals surface area (Å²) in [5.41, 5.74) is 0. The molecule has 1 fully saturated rings. The van der Waals surface area contributed by atoms with Gasteiger partial charge in [-0.1, -0.05) is 169 Å². The predicted molar refractivity (Wildman–Crippen MR) is 237 cm³/mol. The molecule has 1 aliphatic rings. The molecule has 344 valence electrons. The number of rotatable bonds is 44. The van der Waals surface area contributed by atoms with Gasteiger partial charge in [-0.05, 0) is 32.1 Å². The summed E-state index contributed by atoms with van der Waals surface area (Å²) in [6.45, 7) is 14.2. The number of carbonyl (C=O) groups excluding carboxylic acids is 2. The van der Waals surface area contributed by atoms with Crippen molar-refractivity contribution >= 4 is 11.9 Å². The minimum Gasteiger partial charge on any atom is -0.458 e. The highest BCUT2D eigenvalue weighted by Gasteiger charge is 2.40. The second-order valence-corrected chi connectivity index (χ2v) is 16.9. The van der Waals surface area contributed by atoms with Crippen molar-refractivity contribution in [2.75, 3.05) is 33.0 Å². The lowest BCUT2D eigenvalue weighted by atomic mass is 10.1. The molecule has 1 rings (SSSR count). The van der Waals surface area contributed by atoms with E-state index >= 15 is 0 Å². The lowest BCUT2D eigenvalue weighted by molar-refractivity contribution is -0.173. The Bertz CT molecular complexity index is 799. The topological polar surface area (TPSA) is 98.8 Å². The molecular weight excluding hydrogens is 733 g/mol. The van der Waals surface area contributed by atoms with E-state index in [4.69, 9.17) is 33.2 Å². The van der Waals surface area contributed by atoms with Gasteiger partial charge in [0.2, 0.25) is 0 Å². The van der Waals surface area contributed by atoms with Gasteiger partial charge in [0.15, 0.2) is 12.6 Å². The van der Waals surface area contributed by atoms with Crippen molar-refractivity contribution in [2.45, 2.75) is 271 Å². The quantitative estimate of drug-likeness (QED) is 0.0338. The van der Waals surface area contributed by atoms with E-state index in [2.05, 4.69) is 34.6 Å². The van der Waals surface area contributed by atoms with E-state index in [9.17, 15) is 9.59 Å². The van der Waals surface area contributed by atoms with E-state index in [1.165, 1.54) is 103 Å². The van der Waals surface area contributed by atoms with Gasteiger partial charge < -0.3 is 33.2 Å². The summed E-state index contributed by atoms with van der Waals surface area (Å²) in [6, 6.07) is 0. The molecule has 0 aromatic heterocycles. The zero-order valence-corrected chi connectivity index (χ0v) is 38.7. The normalized spacial score (nSPS) is 16.8. The molecule has 58 heavy (non-hydrogen) atoms. The summed E-state index contributed by atoms with van der Waals surface area (Å²) in [5, 5.41) is 0. The van der Waals surface area contributed by atoms with Gasteiger partial charge in [-0.2, -0.15) is 0 Å². The number of esters is 2. The van der Waals surface area contributed by atoms with Gasteiger partial charge in [-0.3, -0.25) is 9.59 Å². The largest absolute Gasteiger partial charge is 0.458 e. The Morgan fingerprint density at radius 1 is 0.397 bits per heavy atom. The van der Waals surface area contributed by atoms with Crippen molar-refractivity contribution in [3.8, 4) is 0 Å². The first-order valence-electron chi connectivity index (χ1n) is 24.9. The van der Waals surface area contributed by atoms with Crippen molar-refractivity contribution in [1.29, 1.82) is 0 Å². The van der Waals surface area contributed by atoms with Crippen LogP contribution in [0, 0.1) is 0 Å². The molecule has 0 aromatic rings. The van der Waals surface area contributed by atoms with Gasteiger partial charge in [0.1, 0.15) is 12.2 Å². The smallest absolute Gasteiger partial charge is 0.306 e. The van der Waals surface area contributed by atoms with Gasteiger partial charge >= 0.3 is 11.9 Å². The molecule has 0 spiro atoms. The van der Waals surface area contributed by atoms with Crippen molar-refractivity contribution in [3.63, 3.8) is 0 Å². The number of ether oxygens (including phenoxy) is 7. The fourth-order valence-electron chi connectivity index (χ4n) is 7.44. The molecule has 1 aliphatic carbocycles. The molecule has 0 amide bonds. The Labute approximate surface area is 357 Å². The van der Waals surface area contributed by atoms with E-state index in [0.717, 1.165) is 64.2 Å².